The highest BCUT2D eigenvalue weighted by molar-refractivity contribution is 14.1. The molecular weight excluding hydrogens is 455 g/mol. The second-order valence-corrected chi connectivity index (χ2v) is 8.18. The van der Waals surface area contributed by atoms with Crippen molar-refractivity contribution < 1.29 is 14.7 Å². The highest BCUT2D eigenvalue weighted by Crippen LogP contribution is 2.24. The predicted octanol–water partition coefficient (Wildman–Crippen LogP) is 3.86. The molecule has 0 unspecified atom stereocenters. The van der Waals surface area contributed by atoms with Gasteiger partial charge in [-0.05, 0) is 77.4 Å². The van der Waals surface area contributed by atoms with Crippen LogP contribution in [0.2, 0.25) is 0 Å². The molecule has 1 aliphatic rings. The van der Waals surface area contributed by atoms with Crippen LogP contribution in [0.5, 0.6) is 0 Å². The lowest BCUT2D eigenvalue weighted by Crippen LogP contribution is -2.36. The minimum Gasteiger partial charge on any atom is -0.481 e. The predicted molar refractivity (Wildman–Crippen MR) is 114 cm³/mol. The Balaban J connectivity index is 1.64. The van der Waals surface area contributed by atoms with Gasteiger partial charge in [0.2, 0.25) is 0 Å². The summed E-state index contributed by atoms with van der Waals surface area (Å²) in [5.74, 6) is -0.930. The lowest BCUT2D eigenvalue weighted by Gasteiger charge is -2.32. The first-order chi connectivity index (χ1) is 12.9. The first kappa shape index (κ1) is 19.7. The van der Waals surface area contributed by atoms with Gasteiger partial charge >= 0.3 is 5.97 Å². The third kappa shape index (κ3) is 5.00. The summed E-state index contributed by atoms with van der Waals surface area (Å²) in [6, 6.07) is 15.7. The van der Waals surface area contributed by atoms with Crippen molar-refractivity contribution in [1.82, 2.24) is 4.90 Å². The molecule has 0 atom stereocenters. The number of carboxylic acids is 1. The minimum atomic E-state index is -0.695. The number of aliphatic carboxylic acids is 1. The van der Waals surface area contributed by atoms with Crippen molar-refractivity contribution >= 4 is 40.2 Å². The van der Waals surface area contributed by atoms with Gasteiger partial charge in [0.1, 0.15) is 0 Å². The van der Waals surface area contributed by atoms with E-state index in [1.807, 2.05) is 49.5 Å². The molecule has 3 rings (SSSR count). The molecule has 2 aromatic carbocycles. The lowest BCUT2D eigenvalue weighted by molar-refractivity contribution is -0.142. The topological polar surface area (TPSA) is 60.9 Å². The molecule has 1 aliphatic heterocycles. The SMILES string of the molecule is CN(Cc1cccc(N2CCC(C(=O)O)CC2)c1)C(=O)c1ccc(I)cc1. The van der Waals surface area contributed by atoms with Gasteiger partial charge in [0, 0.05) is 41.5 Å². The molecule has 1 N–H and O–H groups in total. The Morgan fingerprint density at radius 1 is 1.15 bits per heavy atom. The summed E-state index contributed by atoms with van der Waals surface area (Å²) in [4.78, 5) is 27.7. The fourth-order valence-electron chi connectivity index (χ4n) is 3.39. The van der Waals surface area contributed by atoms with Crippen LogP contribution in [0.1, 0.15) is 28.8 Å². The number of halogens is 1. The zero-order valence-electron chi connectivity index (χ0n) is 15.3. The van der Waals surface area contributed by atoms with Crippen molar-refractivity contribution in [3.63, 3.8) is 0 Å². The van der Waals surface area contributed by atoms with Crippen LogP contribution >= 0.6 is 22.6 Å². The smallest absolute Gasteiger partial charge is 0.306 e. The van der Waals surface area contributed by atoms with Gasteiger partial charge in [-0.3, -0.25) is 9.59 Å². The molecule has 1 fully saturated rings. The fraction of sp³-hybridized carbons (Fsp3) is 0.333. The Hall–Kier alpha value is -2.09. The summed E-state index contributed by atoms with van der Waals surface area (Å²) in [6.45, 7) is 2.03. The summed E-state index contributed by atoms with van der Waals surface area (Å²) in [6.07, 6.45) is 1.34. The second-order valence-electron chi connectivity index (χ2n) is 6.94. The van der Waals surface area contributed by atoms with E-state index in [1.54, 1.807) is 4.90 Å². The van der Waals surface area contributed by atoms with Gasteiger partial charge in [-0.2, -0.15) is 0 Å². The fourth-order valence-corrected chi connectivity index (χ4v) is 3.75. The van der Waals surface area contributed by atoms with E-state index in [2.05, 4.69) is 33.6 Å². The number of nitrogens with zero attached hydrogens (tertiary/aromatic N) is 2. The van der Waals surface area contributed by atoms with Crippen LogP contribution < -0.4 is 4.90 Å². The molecule has 1 heterocycles. The minimum absolute atomic E-state index is 0.000856. The van der Waals surface area contributed by atoms with Crippen LogP contribution in [0.15, 0.2) is 48.5 Å². The largest absolute Gasteiger partial charge is 0.481 e. The summed E-state index contributed by atoms with van der Waals surface area (Å²) in [5.41, 5.74) is 2.84. The Morgan fingerprint density at radius 2 is 1.81 bits per heavy atom. The maximum Gasteiger partial charge on any atom is 0.306 e. The van der Waals surface area contributed by atoms with Crippen molar-refractivity contribution in [3.8, 4) is 0 Å². The maximum absolute atomic E-state index is 12.6. The number of rotatable bonds is 5. The Kier molecular flexibility index (Phi) is 6.36. The number of carbonyl (C=O) groups excluding carboxylic acids is 1. The molecule has 0 radical (unpaired) electrons. The lowest BCUT2D eigenvalue weighted by atomic mass is 9.96. The molecule has 0 spiro atoms. The van der Waals surface area contributed by atoms with Crippen molar-refractivity contribution in [1.29, 1.82) is 0 Å². The monoisotopic (exact) mass is 478 g/mol. The van der Waals surface area contributed by atoms with Crippen LogP contribution in [0.4, 0.5) is 5.69 Å². The summed E-state index contributed by atoms with van der Waals surface area (Å²) >= 11 is 2.22. The molecule has 2 aromatic rings. The summed E-state index contributed by atoms with van der Waals surface area (Å²) in [7, 11) is 1.81. The number of piperidine rings is 1. The molecule has 0 saturated carbocycles. The van der Waals surface area contributed by atoms with Gasteiger partial charge in [-0.25, -0.2) is 0 Å². The number of amides is 1. The van der Waals surface area contributed by atoms with Crippen LogP contribution in [0.25, 0.3) is 0 Å². The van der Waals surface area contributed by atoms with Crippen LogP contribution in [0.3, 0.4) is 0 Å². The number of carboxylic acid groups (broad SMARTS) is 1. The quantitative estimate of drug-likeness (QED) is 0.664. The van der Waals surface area contributed by atoms with Crippen molar-refractivity contribution in [2.75, 3.05) is 25.0 Å². The van der Waals surface area contributed by atoms with Crippen molar-refractivity contribution in [3.05, 3.63) is 63.2 Å². The van der Waals surface area contributed by atoms with Gasteiger partial charge in [-0.15, -0.1) is 0 Å². The van der Waals surface area contributed by atoms with E-state index in [0.29, 0.717) is 24.9 Å². The molecule has 142 valence electrons. The van der Waals surface area contributed by atoms with Crippen LogP contribution in [0, 0.1) is 9.49 Å². The van der Waals surface area contributed by atoms with Crippen molar-refractivity contribution in [2.24, 2.45) is 5.92 Å². The van der Waals surface area contributed by atoms with E-state index in [9.17, 15) is 9.59 Å². The number of benzene rings is 2. The molecule has 0 bridgehead atoms. The van der Waals surface area contributed by atoms with E-state index in [-0.39, 0.29) is 11.8 Å². The molecular formula is C21H23IN2O3. The van der Waals surface area contributed by atoms with Gasteiger partial charge < -0.3 is 14.9 Å². The van der Waals surface area contributed by atoms with E-state index in [4.69, 9.17) is 5.11 Å². The molecule has 1 amide bonds. The molecule has 27 heavy (non-hydrogen) atoms. The van der Waals surface area contributed by atoms with Gasteiger partial charge in [0.25, 0.3) is 5.91 Å². The summed E-state index contributed by atoms with van der Waals surface area (Å²) in [5, 5.41) is 9.14. The average molecular weight is 478 g/mol. The Morgan fingerprint density at radius 3 is 2.44 bits per heavy atom. The van der Waals surface area contributed by atoms with E-state index >= 15 is 0 Å². The highest BCUT2D eigenvalue weighted by Gasteiger charge is 2.24. The van der Waals surface area contributed by atoms with Crippen LogP contribution in [-0.2, 0) is 11.3 Å². The first-order valence-corrected chi connectivity index (χ1v) is 10.1. The van der Waals surface area contributed by atoms with Crippen LogP contribution in [-0.4, -0.2) is 42.0 Å². The third-order valence-electron chi connectivity index (χ3n) is 4.98. The average Bonchev–Trinajstić information content (AvgIpc) is 2.68. The van der Waals surface area contributed by atoms with Crippen molar-refractivity contribution in [2.45, 2.75) is 19.4 Å². The van der Waals surface area contributed by atoms with Gasteiger partial charge in [0.15, 0.2) is 0 Å². The van der Waals surface area contributed by atoms with Gasteiger partial charge in [0.05, 0.1) is 5.92 Å². The number of anilines is 1. The molecule has 5 nitrogen and oxygen atoms in total. The maximum atomic E-state index is 12.6. The third-order valence-corrected chi connectivity index (χ3v) is 5.70. The number of carbonyl (C=O) groups is 2. The van der Waals surface area contributed by atoms with E-state index < -0.39 is 5.97 Å². The number of hydrogen-bond donors (Lipinski definition) is 1. The standard InChI is InChI=1S/C21H23IN2O3/c1-23(20(25)16-5-7-18(22)8-6-16)14-15-3-2-4-19(13-15)24-11-9-17(10-12-24)21(26)27/h2-8,13,17H,9-12,14H2,1H3,(H,26,27). The van der Waals surface area contributed by atoms with Gasteiger partial charge in [-0.1, -0.05) is 12.1 Å². The Bertz CT molecular complexity index is 814. The molecule has 6 heteroatoms. The zero-order valence-corrected chi connectivity index (χ0v) is 17.4. The first-order valence-electron chi connectivity index (χ1n) is 9.02. The number of hydrogen-bond acceptors (Lipinski definition) is 3. The molecule has 1 saturated heterocycles. The van der Waals surface area contributed by atoms with E-state index in [1.165, 1.54) is 0 Å². The summed E-state index contributed by atoms with van der Waals surface area (Å²) < 4.78 is 1.10. The normalized spacial score (nSPS) is 14.8. The second kappa shape index (κ2) is 8.73. The Labute approximate surface area is 173 Å². The highest BCUT2D eigenvalue weighted by atomic mass is 127. The zero-order chi connectivity index (χ0) is 19.4. The van der Waals surface area contributed by atoms with E-state index in [0.717, 1.165) is 27.9 Å². The molecule has 0 aliphatic carbocycles. The molecule has 0 aromatic heterocycles.